The molecule has 1 N–H and O–H groups in total. The standard InChI is InChI=1S/C24H31Cl2N3O4S/c1-5-22(24(31)27-3)28(16-19-20(25)8-6-9-21(19)26)23(30)10-7-15-29(34(4,32)33)18-13-11-17(2)12-14-18/h6,8-9,11-14,22H,5,7,10,15-16H2,1-4H3,(H,27,31)/t22-/m0/s1. The summed E-state index contributed by atoms with van der Waals surface area (Å²) in [7, 11) is -2.02. The molecule has 0 spiro atoms. The molecule has 0 saturated heterocycles. The van der Waals surface area contributed by atoms with E-state index in [2.05, 4.69) is 5.32 Å². The van der Waals surface area contributed by atoms with Gasteiger partial charge in [0, 0.05) is 42.2 Å². The van der Waals surface area contributed by atoms with E-state index in [1.54, 1.807) is 30.3 Å². The van der Waals surface area contributed by atoms with Gasteiger partial charge in [-0.3, -0.25) is 13.9 Å². The largest absolute Gasteiger partial charge is 0.357 e. The molecule has 0 saturated carbocycles. The minimum Gasteiger partial charge on any atom is -0.357 e. The first-order valence-corrected chi connectivity index (χ1v) is 13.6. The fraction of sp³-hybridized carbons (Fsp3) is 0.417. The summed E-state index contributed by atoms with van der Waals surface area (Å²) in [4.78, 5) is 27.3. The van der Waals surface area contributed by atoms with Crippen molar-refractivity contribution in [2.45, 2.75) is 45.7 Å². The molecule has 2 aromatic carbocycles. The molecule has 186 valence electrons. The van der Waals surface area contributed by atoms with Crippen molar-refractivity contribution in [3.63, 3.8) is 0 Å². The lowest BCUT2D eigenvalue weighted by atomic mass is 10.1. The number of likely N-dealkylation sites (N-methyl/N-ethyl adjacent to an activating group) is 1. The fourth-order valence-corrected chi connectivity index (χ4v) is 5.14. The lowest BCUT2D eigenvalue weighted by molar-refractivity contribution is -0.141. The van der Waals surface area contributed by atoms with Crippen LogP contribution < -0.4 is 9.62 Å². The van der Waals surface area contributed by atoms with Crippen molar-refractivity contribution in [1.82, 2.24) is 10.2 Å². The van der Waals surface area contributed by atoms with Crippen LogP contribution in [0.3, 0.4) is 0 Å². The van der Waals surface area contributed by atoms with Crippen molar-refractivity contribution in [2.24, 2.45) is 0 Å². The highest BCUT2D eigenvalue weighted by molar-refractivity contribution is 7.92. The van der Waals surface area contributed by atoms with Gasteiger partial charge in [-0.05, 0) is 44.0 Å². The molecule has 34 heavy (non-hydrogen) atoms. The van der Waals surface area contributed by atoms with Crippen LogP contribution in [-0.2, 0) is 26.2 Å². The zero-order valence-corrected chi connectivity index (χ0v) is 22.2. The number of aryl methyl sites for hydroxylation is 1. The number of anilines is 1. The van der Waals surface area contributed by atoms with Gasteiger partial charge >= 0.3 is 0 Å². The quantitative estimate of drug-likeness (QED) is 0.469. The Balaban J connectivity index is 2.23. The van der Waals surface area contributed by atoms with Gasteiger partial charge in [0.1, 0.15) is 6.04 Å². The molecule has 7 nitrogen and oxygen atoms in total. The number of benzene rings is 2. The van der Waals surface area contributed by atoms with E-state index in [-0.39, 0.29) is 37.7 Å². The molecule has 0 aliphatic heterocycles. The minimum atomic E-state index is -3.54. The van der Waals surface area contributed by atoms with E-state index in [9.17, 15) is 18.0 Å². The van der Waals surface area contributed by atoms with Crippen molar-refractivity contribution in [2.75, 3.05) is 24.2 Å². The highest BCUT2D eigenvalue weighted by Gasteiger charge is 2.29. The summed E-state index contributed by atoms with van der Waals surface area (Å²) in [6.45, 7) is 3.93. The average molecular weight is 529 g/mol. The van der Waals surface area contributed by atoms with Crippen LogP contribution in [0.2, 0.25) is 10.0 Å². The molecular formula is C24H31Cl2N3O4S. The Morgan fingerprint density at radius 1 is 1.06 bits per heavy atom. The van der Waals surface area contributed by atoms with E-state index in [1.807, 2.05) is 26.0 Å². The number of nitrogens with zero attached hydrogens (tertiary/aromatic N) is 2. The number of nitrogens with one attached hydrogen (secondary N) is 1. The summed E-state index contributed by atoms with van der Waals surface area (Å²) < 4.78 is 26.0. The van der Waals surface area contributed by atoms with E-state index in [4.69, 9.17) is 23.2 Å². The summed E-state index contributed by atoms with van der Waals surface area (Å²) in [5, 5.41) is 3.41. The molecule has 1 atom stereocenters. The average Bonchev–Trinajstić information content (AvgIpc) is 2.78. The maximum absolute atomic E-state index is 13.3. The Morgan fingerprint density at radius 3 is 2.15 bits per heavy atom. The highest BCUT2D eigenvalue weighted by atomic mass is 35.5. The second-order valence-corrected chi connectivity index (χ2v) is 10.8. The third-order valence-electron chi connectivity index (χ3n) is 5.50. The lowest BCUT2D eigenvalue weighted by Crippen LogP contribution is -2.48. The van der Waals surface area contributed by atoms with Crippen LogP contribution in [0, 0.1) is 6.92 Å². The van der Waals surface area contributed by atoms with E-state index >= 15 is 0 Å². The highest BCUT2D eigenvalue weighted by Crippen LogP contribution is 2.27. The van der Waals surface area contributed by atoms with Crippen LogP contribution >= 0.6 is 23.2 Å². The first-order chi connectivity index (χ1) is 16.0. The number of rotatable bonds is 11. The van der Waals surface area contributed by atoms with Crippen LogP contribution in [0.1, 0.15) is 37.3 Å². The predicted molar refractivity (Wildman–Crippen MR) is 138 cm³/mol. The zero-order valence-electron chi connectivity index (χ0n) is 19.8. The number of carbonyl (C=O) groups is 2. The first-order valence-electron chi connectivity index (χ1n) is 11.0. The normalized spacial score (nSPS) is 12.2. The van der Waals surface area contributed by atoms with Crippen LogP contribution in [0.15, 0.2) is 42.5 Å². The Morgan fingerprint density at radius 2 is 1.65 bits per heavy atom. The maximum atomic E-state index is 13.3. The molecular weight excluding hydrogens is 497 g/mol. The third-order valence-corrected chi connectivity index (χ3v) is 7.40. The molecule has 0 fully saturated rings. The molecule has 0 radical (unpaired) electrons. The predicted octanol–water partition coefficient (Wildman–Crippen LogP) is 4.40. The second kappa shape index (κ2) is 12.4. The Hall–Kier alpha value is -2.29. The molecule has 0 aliphatic rings. The van der Waals surface area contributed by atoms with E-state index in [1.165, 1.54) is 16.3 Å². The molecule has 0 heterocycles. The SMILES string of the molecule is CC[C@@H](C(=O)NC)N(Cc1c(Cl)cccc1Cl)C(=O)CCCN(c1ccc(C)cc1)S(C)(=O)=O. The molecule has 0 aliphatic carbocycles. The summed E-state index contributed by atoms with van der Waals surface area (Å²) >= 11 is 12.6. The molecule has 0 unspecified atom stereocenters. The summed E-state index contributed by atoms with van der Waals surface area (Å²) in [6.07, 6.45) is 1.86. The number of amides is 2. The molecule has 2 aromatic rings. The number of hydrogen-bond donors (Lipinski definition) is 1. The molecule has 0 aromatic heterocycles. The van der Waals surface area contributed by atoms with Gasteiger partial charge in [-0.2, -0.15) is 0 Å². The topological polar surface area (TPSA) is 86.8 Å². The van der Waals surface area contributed by atoms with Gasteiger partial charge in [0.05, 0.1) is 11.9 Å². The lowest BCUT2D eigenvalue weighted by Gasteiger charge is -2.31. The van der Waals surface area contributed by atoms with Crippen molar-refractivity contribution in [1.29, 1.82) is 0 Å². The van der Waals surface area contributed by atoms with Gasteiger partial charge in [-0.15, -0.1) is 0 Å². The Bertz CT molecular complexity index is 1090. The van der Waals surface area contributed by atoms with Gasteiger partial charge in [0.25, 0.3) is 0 Å². The van der Waals surface area contributed by atoms with Crippen LogP contribution in [0.25, 0.3) is 0 Å². The van der Waals surface area contributed by atoms with Gasteiger partial charge in [-0.25, -0.2) is 8.42 Å². The van der Waals surface area contributed by atoms with Crippen LogP contribution in [-0.4, -0.2) is 51.0 Å². The van der Waals surface area contributed by atoms with Gasteiger partial charge in [-0.1, -0.05) is 53.9 Å². The molecule has 0 bridgehead atoms. The Labute approximate surface area is 212 Å². The van der Waals surface area contributed by atoms with Crippen LogP contribution in [0.5, 0.6) is 0 Å². The monoisotopic (exact) mass is 527 g/mol. The summed E-state index contributed by atoms with van der Waals surface area (Å²) in [5.41, 5.74) is 2.11. The third kappa shape index (κ3) is 7.35. The summed E-state index contributed by atoms with van der Waals surface area (Å²) in [6, 6.07) is 11.5. The van der Waals surface area contributed by atoms with Gasteiger partial charge in [0.15, 0.2) is 0 Å². The van der Waals surface area contributed by atoms with Gasteiger partial charge in [0.2, 0.25) is 21.8 Å². The number of hydrogen-bond acceptors (Lipinski definition) is 4. The van der Waals surface area contributed by atoms with E-state index in [0.29, 0.717) is 27.7 Å². The van der Waals surface area contributed by atoms with Crippen molar-refractivity contribution in [3.8, 4) is 0 Å². The number of halogens is 2. The molecule has 2 rings (SSSR count). The van der Waals surface area contributed by atoms with Gasteiger partial charge < -0.3 is 10.2 Å². The minimum absolute atomic E-state index is 0.0491. The van der Waals surface area contributed by atoms with Crippen molar-refractivity contribution < 1.29 is 18.0 Å². The van der Waals surface area contributed by atoms with E-state index in [0.717, 1.165) is 11.8 Å². The second-order valence-electron chi connectivity index (χ2n) is 8.03. The first kappa shape index (κ1) is 28.0. The smallest absolute Gasteiger partial charge is 0.242 e. The maximum Gasteiger partial charge on any atom is 0.242 e. The van der Waals surface area contributed by atoms with Crippen LogP contribution in [0.4, 0.5) is 5.69 Å². The van der Waals surface area contributed by atoms with Crippen molar-refractivity contribution >= 4 is 50.7 Å². The zero-order chi connectivity index (χ0) is 25.5. The molecule has 10 heteroatoms. The number of sulfonamides is 1. The Kier molecular flexibility index (Phi) is 10.2. The fourth-order valence-electron chi connectivity index (χ4n) is 3.65. The van der Waals surface area contributed by atoms with Crippen molar-refractivity contribution in [3.05, 3.63) is 63.6 Å². The van der Waals surface area contributed by atoms with E-state index < -0.39 is 16.1 Å². The molecule has 2 amide bonds. The summed E-state index contributed by atoms with van der Waals surface area (Å²) in [5.74, 6) is -0.583. The number of carbonyl (C=O) groups excluding carboxylic acids is 2.